The quantitative estimate of drug-likeness (QED) is 0.925. The van der Waals surface area contributed by atoms with Crippen LogP contribution in [0.15, 0.2) is 6.07 Å². The zero-order valence-electron chi connectivity index (χ0n) is 10.2. The number of aromatic nitrogens is 1. The molecule has 0 bridgehead atoms. The van der Waals surface area contributed by atoms with Gasteiger partial charge in [0.05, 0.1) is 11.6 Å². The van der Waals surface area contributed by atoms with Crippen LogP contribution in [-0.2, 0) is 4.74 Å². The van der Waals surface area contributed by atoms with E-state index in [-0.39, 0.29) is 0 Å². The Bertz CT molecular complexity index is 409. The van der Waals surface area contributed by atoms with Crippen molar-refractivity contribution in [3.63, 3.8) is 0 Å². The first-order valence-electron chi connectivity index (χ1n) is 5.95. The van der Waals surface area contributed by atoms with Crippen molar-refractivity contribution in [2.24, 2.45) is 5.92 Å². The van der Waals surface area contributed by atoms with Gasteiger partial charge in [-0.25, -0.2) is 0 Å². The maximum atomic E-state index is 6.05. The average Bonchev–Trinajstić information content (AvgIpc) is 2.39. The second-order valence-electron chi connectivity index (χ2n) is 4.22. The molecule has 18 heavy (non-hydrogen) atoms. The Hall–Kier alpha value is -0.710. The molecular weight excluding hydrogens is 275 g/mol. The van der Waals surface area contributed by atoms with Gasteiger partial charge in [-0.05, 0) is 24.8 Å². The largest absolute Gasteiger partial charge is 0.476 e. The highest BCUT2D eigenvalue weighted by Gasteiger charge is 2.16. The molecule has 6 heteroatoms. The summed E-state index contributed by atoms with van der Waals surface area (Å²) in [6.45, 7) is 2.22. The van der Waals surface area contributed by atoms with Crippen molar-refractivity contribution in [2.75, 3.05) is 32.2 Å². The summed E-state index contributed by atoms with van der Waals surface area (Å²) in [4.78, 5) is 4.25. The smallest absolute Gasteiger partial charge is 0.234 e. The molecule has 0 unspecified atom stereocenters. The number of hydrogen-bond donors (Lipinski definition) is 1. The van der Waals surface area contributed by atoms with Crippen molar-refractivity contribution in [3.8, 4) is 5.88 Å². The molecule has 0 amide bonds. The van der Waals surface area contributed by atoms with E-state index in [1.54, 1.807) is 13.1 Å². The molecule has 1 N–H and O–H groups in total. The van der Waals surface area contributed by atoms with E-state index in [0.717, 1.165) is 26.1 Å². The van der Waals surface area contributed by atoms with Crippen LogP contribution in [0.1, 0.15) is 12.8 Å². The minimum Gasteiger partial charge on any atom is -0.476 e. The Labute approximate surface area is 117 Å². The third-order valence-corrected chi connectivity index (χ3v) is 3.49. The highest BCUT2D eigenvalue weighted by atomic mass is 35.5. The van der Waals surface area contributed by atoms with Gasteiger partial charge in [0.15, 0.2) is 0 Å². The predicted octanol–water partition coefficient (Wildman–Crippen LogP) is 3.24. The van der Waals surface area contributed by atoms with Gasteiger partial charge in [-0.1, -0.05) is 23.2 Å². The van der Waals surface area contributed by atoms with Crippen molar-refractivity contribution in [3.05, 3.63) is 16.1 Å². The van der Waals surface area contributed by atoms with Gasteiger partial charge in [-0.2, -0.15) is 4.98 Å². The molecule has 0 saturated carbocycles. The van der Waals surface area contributed by atoms with Gasteiger partial charge in [-0.3, -0.25) is 0 Å². The molecule has 1 saturated heterocycles. The van der Waals surface area contributed by atoms with Gasteiger partial charge in [-0.15, -0.1) is 0 Å². The normalized spacial score (nSPS) is 16.6. The van der Waals surface area contributed by atoms with E-state index in [1.807, 2.05) is 0 Å². The monoisotopic (exact) mass is 290 g/mol. The van der Waals surface area contributed by atoms with Crippen LogP contribution in [0.25, 0.3) is 0 Å². The van der Waals surface area contributed by atoms with Crippen LogP contribution in [-0.4, -0.2) is 31.9 Å². The molecule has 1 aliphatic rings. The van der Waals surface area contributed by atoms with Crippen LogP contribution >= 0.6 is 23.2 Å². The number of pyridine rings is 1. The van der Waals surface area contributed by atoms with Gasteiger partial charge in [0.25, 0.3) is 0 Å². The number of nitrogens with zero attached hydrogens (tertiary/aromatic N) is 1. The molecule has 0 atom stereocenters. The van der Waals surface area contributed by atoms with E-state index >= 15 is 0 Å². The zero-order valence-corrected chi connectivity index (χ0v) is 11.7. The van der Waals surface area contributed by atoms with Crippen LogP contribution in [0, 0.1) is 5.92 Å². The lowest BCUT2D eigenvalue weighted by molar-refractivity contribution is 0.0491. The maximum absolute atomic E-state index is 6.05. The van der Waals surface area contributed by atoms with Crippen LogP contribution in [0.2, 0.25) is 10.0 Å². The van der Waals surface area contributed by atoms with Crippen LogP contribution in [0.4, 0.5) is 5.82 Å². The first-order valence-corrected chi connectivity index (χ1v) is 6.70. The second kappa shape index (κ2) is 6.45. The summed E-state index contributed by atoms with van der Waals surface area (Å²) in [5.74, 6) is 1.50. The first-order chi connectivity index (χ1) is 8.70. The molecule has 2 heterocycles. The van der Waals surface area contributed by atoms with Crippen LogP contribution in [0.5, 0.6) is 5.88 Å². The summed E-state index contributed by atoms with van der Waals surface area (Å²) in [7, 11) is 1.75. The first kappa shape index (κ1) is 13.7. The fourth-order valence-electron chi connectivity index (χ4n) is 1.84. The fraction of sp³-hybridized carbons (Fsp3) is 0.583. The molecule has 1 aliphatic heterocycles. The van der Waals surface area contributed by atoms with Crippen molar-refractivity contribution in [1.82, 2.24) is 4.98 Å². The summed E-state index contributed by atoms with van der Waals surface area (Å²) >= 11 is 12.0. The Morgan fingerprint density at radius 1 is 1.39 bits per heavy atom. The molecule has 0 radical (unpaired) electrons. The van der Waals surface area contributed by atoms with Gasteiger partial charge in [0.1, 0.15) is 10.8 Å². The molecule has 4 nitrogen and oxygen atoms in total. The Morgan fingerprint density at radius 3 is 2.78 bits per heavy atom. The third kappa shape index (κ3) is 3.40. The predicted molar refractivity (Wildman–Crippen MR) is 72.8 cm³/mol. The van der Waals surface area contributed by atoms with Crippen LogP contribution in [0.3, 0.4) is 0 Å². The molecular formula is C12H16Cl2N2O2. The van der Waals surface area contributed by atoms with Gasteiger partial charge >= 0.3 is 0 Å². The van der Waals surface area contributed by atoms with E-state index < -0.39 is 0 Å². The second-order valence-corrected chi connectivity index (χ2v) is 5.04. The lowest BCUT2D eigenvalue weighted by Crippen LogP contribution is -2.21. The molecule has 100 valence electrons. The minimum atomic E-state index is 0.428. The Balaban J connectivity index is 1.99. The number of hydrogen-bond acceptors (Lipinski definition) is 4. The van der Waals surface area contributed by atoms with Gasteiger partial charge < -0.3 is 14.8 Å². The summed E-state index contributed by atoms with van der Waals surface area (Å²) in [6.07, 6.45) is 2.04. The highest BCUT2D eigenvalue weighted by molar-refractivity contribution is 6.36. The Kier molecular flexibility index (Phi) is 4.92. The zero-order chi connectivity index (χ0) is 13.0. The van der Waals surface area contributed by atoms with E-state index in [0.29, 0.717) is 34.3 Å². The lowest BCUT2D eigenvalue weighted by Gasteiger charge is -2.22. The molecule has 0 aromatic carbocycles. The fourth-order valence-corrected chi connectivity index (χ4v) is 2.34. The number of nitrogens with one attached hydrogen (secondary N) is 1. The molecule has 1 fully saturated rings. The van der Waals surface area contributed by atoms with E-state index in [4.69, 9.17) is 32.7 Å². The number of anilines is 1. The van der Waals surface area contributed by atoms with Crippen LogP contribution < -0.4 is 10.1 Å². The molecule has 1 aromatic heterocycles. The van der Waals surface area contributed by atoms with E-state index in [9.17, 15) is 0 Å². The summed E-state index contributed by atoms with van der Waals surface area (Å²) in [6, 6.07) is 1.64. The topological polar surface area (TPSA) is 43.4 Å². The van der Waals surface area contributed by atoms with Gasteiger partial charge in [0.2, 0.25) is 5.88 Å². The number of halogens is 2. The molecule has 0 aliphatic carbocycles. The highest BCUT2D eigenvalue weighted by Crippen LogP contribution is 2.31. The van der Waals surface area contributed by atoms with Gasteiger partial charge in [0, 0.05) is 20.3 Å². The Morgan fingerprint density at radius 2 is 2.11 bits per heavy atom. The van der Waals surface area contributed by atoms with Crippen molar-refractivity contribution in [2.45, 2.75) is 12.8 Å². The average molecular weight is 291 g/mol. The third-order valence-electron chi connectivity index (χ3n) is 2.93. The lowest BCUT2D eigenvalue weighted by atomic mass is 10.0. The minimum absolute atomic E-state index is 0.428. The standard InChI is InChI=1S/C12H16Cl2N2O2/c1-15-11-9(13)6-10(14)12(16-11)18-7-8-2-4-17-5-3-8/h6,8H,2-5,7H2,1H3,(H,15,16). The van der Waals surface area contributed by atoms with Crippen molar-refractivity contribution >= 4 is 29.0 Å². The number of rotatable bonds is 4. The summed E-state index contributed by atoms with van der Waals surface area (Å²) < 4.78 is 11.0. The summed E-state index contributed by atoms with van der Waals surface area (Å²) in [5, 5.41) is 3.82. The number of ether oxygens (including phenoxy) is 2. The van der Waals surface area contributed by atoms with Crippen molar-refractivity contribution < 1.29 is 9.47 Å². The molecule has 2 rings (SSSR count). The maximum Gasteiger partial charge on any atom is 0.234 e. The van der Waals surface area contributed by atoms with Crippen molar-refractivity contribution in [1.29, 1.82) is 0 Å². The summed E-state index contributed by atoms with van der Waals surface area (Å²) in [5.41, 5.74) is 0. The van der Waals surface area contributed by atoms with E-state index in [1.165, 1.54) is 0 Å². The SMILES string of the molecule is CNc1nc(OCC2CCOCC2)c(Cl)cc1Cl. The van der Waals surface area contributed by atoms with E-state index in [2.05, 4.69) is 10.3 Å². The molecule has 1 aromatic rings. The molecule has 0 spiro atoms.